The first-order valence-electron chi connectivity index (χ1n) is 15.0. The fourth-order valence-corrected chi connectivity index (χ4v) is 10.5. The zero-order valence-corrected chi connectivity index (χ0v) is 23.1. The third-order valence-electron chi connectivity index (χ3n) is 12.3. The smallest absolute Gasteiger partial charge is 0.133 e. The van der Waals surface area contributed by atoms with E-state index in [1.807, 2.05) is 5.57 Å². The average Bonchev–Trinajstić information content (AvgIpc) is 3.28. The lowest BCUT2D eigenvalue weighted by atomic mass is 9.52. The lowest BCUT2D eigenvalue weighted by Crippen LogP contribution is -2.53. The van der Waals surface area contributed by atoms with Crippen molar-refractivity contribution in [1.29, 1.82) is 0 Å². The quantitative estimate of drug-likeness (QED) is 0.531. The van der Waals surface area contributed by atoms with Gasteiger partial charge in [0.05, 0.1) is 11.7 Å². The molecular weight excluding hydrogens is 432 g/mol. The fourth-order valence-electron chi connectivity index (χ4n) is 10.5. The molecule has 0 amide bonds. The molecule has 196 valence electrons. The van der Waals surface area contributed by atoms with Crippen LogP contribution in [0.1, 0.15) is 91.9 Å². The monoisotopic (exact) mass is 482 g/mol. The molecule has 0 aromatic rings. The first-order chi connectivity index (χ1) is 16.8. The van der Waals surface area contributed by atoms with E-state index < -0.39 is 0 Å². The first-order valence-corrected chi connectivity index (χ1v) is 15.0. The summed E-state index contributed by atoms with van der Waals surface area (Å²) < 4.78 is 7.22. The topological polar surface area (TPSA) is 41.6 Å². The van der Waals surface area contributed by atoms with Crippen molar-refractivity contribution in [2.75, 3.05) is 26.7 Å². The zero-order valence-electron chi connectivity index (χ0n) is 23.1. The molecule has 0 aromatic heterocycles. The van der Waals surface area contributed by atoms with Gasteiger partial charge in [-0.3, -0.25) is 9.69 Å². The van der Waals surface area contributed by atoms with Gasteiger partial charge in [0.2, 0.25) is 0 Å². The van der Waals surface area contributed by atoms with Crippen molar-refractivity contribution >= 4 is 5.78 Å². The average molecular weight is 483 g/mol. The summed E-state index contributed by atoms with van der Waals surface area (Å²) in [4.78, 5) is 15.0. The van der Waals surface area contributed by atoms with Crippen LogP contribution in [0.15, 0.2) is 11.1 Å². The highest BCUT2D eigenvalue weighted by atomic mass is 16.5. The Labute approximate surface area is 214 Å². The van der Waals surface area contributed by atoms with Gasteiger partial charge in [-0.1, -0.05) is 31.9 Å². The van der Waals surface area contributed by atoms with Gasteiger partial charge in [-0.15, -0.1) is 0 Å². The SMILES string of the molecule is CNCCN1C[C@@H](C)C[C@H]2O[C@]3(CC[C@@H]4C(=C(C)C3)C[C@H]3[C@H]4CCC4CC(=O)CC[C@@]43C)[C@H](C)[C@@H]21. The molecule has 2 heterocycles. The normalized spacial score (nSPS) is 50.0. The van der Waals surface area contributed by atoms with E-state index in [0.29, 0.717) is 35.2 Å². The van der Waals surface area contributed by atoms with Gasteiger partial charge >= 0.3 is 0 Å². The van der Waals surface area contributed by atoms with E-state index in [9.17, 15) is 4.79 Å². The van der Waals surface area contributed by atoms with Crippen molar-refractivity contribution in [1.82, 2.24) is 10.2 Å². The van der Waals surface area contributed by atoms with E-state index in [2.05, 4.69) is 45.0 Å². The second-order valence-corrected chi connectivity index (χ2v) is 14.1. The Morgan fingerprint density at radius 2 is 1.97 bits per heavy atom. The number of carbonyl (C=O) groups is 1. The predicted molar refractivity (Wildman–Crippen MR) is 141 cm³/mol. The van der Waals surface area contributed by atoms with Gasteiger partial charge in [-0.2, -0.15) is 0 Å². The Balaban J connectivity index is 1.26. The molecule has 6 aliphatic rings. The van der Waals surface area contributed by atoms with Gasteiger partial charge in [0.15, 0.2) is 0 Å². The third-order valence-corrected chi connectivity index (χ3v) is 12.3. The number of nitrogens with one attached hydrogen (secondary N) is 1. The number of fused-ring (bicyclic) bond motifs is 6. The van der Waals surface area contributed by atoms with Crippen LogP contribution in [0.2, 0.25) is 0 Å². The molecule has 0 bridgehead atoms. The Morgan fingerprint density at radius 3 is 2.77 bits per heavy atom. The number of ether oxygens (including phenoxy) is 1. The molecule has 0 radical (unpaired) electrons. The second-order valence-electron chi connectivity index (χ2n) is 14.1. The number of piperidine rings is 1. The second kappa shape index (κ2) is 8.95. The minimum absolute atomic E-state index is 0.0343. The Hall–Kier alpha value is -0.710. The summed E-state index contributed by atoms with van der Waals surface area (Å²) in [5.74, 6) is 4.91. The number of allylic oxidation sites excluding steroid dienone is 1. The molecular formula is C31H50N2O2. The highest BCUT2D eigenvalue weighted by Crippen LogP contribution is 2.65. The van der Waals surface area contributed by atoms with Crippen LogP contribution in [0.4, 0.5) is 0 Å². The van der Waals surface area contributed by atoms with E-state index in [-0.39, 0.29) is 5.60 Å². The maximum atomic E-state index is 12.3. The van der Waals surface area contributed by atoms with Crippen LogP contribution in [0.3, 0.4) is 0 Å². The van der Waals surface area contributed by atoms with Gasteiger partial charge in [0.1, 0.15) is 5.78 Å². The van der Waals surface area contributed by atoms with Crippen LogP contribution in [-0.4, -0.2) is 55.1 Å². The van der Waals surface area contributed by atoms with E-state index in [0.717, 1.165) is 62.4 Å². The van der Waals surface area contributed by atoms with Crippen molar-refractivity contribution in [2.45, 2.75) is 110 Å². The maximum Gasteiger partial charge on any atom is 0.133 e. The van der Waals surface area contributed by atoms with Crippen molar-refractivity contribution in [2.24, 2.45) is 40.9 Å². The van der Waals surface area contributed by atoms with Gasteiger partial charge in [-0.25, -0.2) is 0 Å². The van der Waals surface area contributed by atoms with Gasteiger partial charge < -0.3 is 10.1 Å². The number of Topliss-reactive ketones (excluding diaryl/α,β-unsaturated/α-hetero) is 1. The summed E-state index contributed by atoms with van der Waals surface area (Å²) in [6, 6.07) is 0.581. The highest BCUT2D eigenvalue weighted by Gasteiger charge is 2.60. The lowest BCUT2D eigenvalue weighted by Gasteiger charge is -2.52. The summed E-state index contributed by atoms with van der Waals surface area (Å²) in [6.07, 6.45) is 12.1. The number of carbonyl (C=O) groups excluding carboxylic acids is 1. The first kappa shape index (κ1) is 24.6. The van der Waals surface area contributed by atoms with Gasteiger partial charge in [0.25, 0.3) is 0 Å². The van der Waals surface area contributed by atoms with Crippen LogP contribution >= 0.6 is 0 Å². The van der Waals surface area contributed by atoms with Crippen LogP contribution in [-0.2, 0) is 9.53 Å². The summed E-state index contributed by atoms with van der Waals surface area (Å²) in [5.41, 5.74) is 3.92. The molecule has 3 saturated carbocycles. The number of likely N-dealkylation sites (tertiary alicyclic amines) is 1. The van der Waals surface area contributed by atoms with Crippen molar-refractivity contribution in [3.63, 3.8) is 0 Å². The molecule has 1 spiro atoms. The van der Waals surface area contributed by atoms with Crippen molar-refractivity contribution in [3.05, 3.63) is 11.1 Å². The van der Waals surface area contributed by atoms with Gasteiger partial charge in [0, 0.05) is 44.4 Å². The summed E-state index contributed by atoms with van der Waals surface area (Å²) in [7, 11) is 2.08. The van der Waals surface area contributed by atoms with Crippen LogP contribution in [0, 0.1) is 40.9 Å². The number of likely N-dealkylation sites (N-methyl/N-ethyl adjacent to an activating group) is 1. The Bertz CT molecular complexity index is 883. The van der Waals surface area contributed by atoms with Crippen molar-refractivity contribution < 1.29 is 9.53 Å². The lowest BCUT2D eigenvalue weighted by molar-refractivity contribution is -0.129. The summed E-state index contributed by atoms with van der Waals surface area (Å²) in [5, 5.41) is 3.38. The molecule has 4 aliphatic carbocycles. The minimum Gasteiger partial charge on any atom is -0.369 e. The molecule has 4 nitrogen and oxygen atoms in total. The fraction of sp³-hybridized carbons (Fsp3) is 0.903. The molecule has 1 N–H and O–H groups in total. The van der Waals surface area contributed by atoms with Crippen LogP contribution in [0.25, 0.3) is 0 Å². The minimum atomic E-state index is 0.0343. The number of nitrogens with zero attached hydrogens (tertiary/aromatic N) is 1. The standard InChI is InChI=1S/C31H50N2O2/c1-19-14-28-29(33(18-19)13-12-32-5)21(3)31(35-28)11-9-24-25-7-6-22-15-23(34)8-10-30(22,4)27(25)16-26(24)20(2)17-31/h19,21-22,24-25,27-29,32H,6-18H2,1-5H3/t19-,21+,22?,24-,25-,27-,28+,29-,30-,31-/m0/s1. The predicted octanol–water partition coefficient (Wildman–Crippen LogP) is 5.61. The third kappa shape index (κ3) is 3.83. The molecule has 35 heavy (non-hydrogen) atoms. The zero-order chi connectivity index (χ0) is 24.5. The number of ketones is 1. The Morgan fingerprint density at radius 1 is 1.14 bits per heavy atom. The molecule has 2 saturated heterocycles. The largest absolute Gasteiger partial charge is 0.369 e. The van der Waals surface area contributed by atoms with E-state index in [4.69, 9.17) is 4.74 Å². The van der Waals surface area contributed by atoms with E-state index in [1.165, 1.54) is 45.1 Å². The number of hydrogen-bond donors (Lipinski definition) is 1. The highest BCUT2D eigenvalue weighted by molar-refractivity contribution is 5.79. The van der Waals surface area contributed by atoms with Crippen LogP contribution in [0.5, 0.6) is 0 Å². The summed E-state index contributed by atoms with van der Waals surface area (Å²) in [6.45, 7) is 13.4. The van der Waals surface area contributed by atoms with E-state index >= 15 is 0 Å². The maximum absolute atomic E-state index is 12.3. The Kier molecular flexibility index (Phi) is 6.29. The number of hydrogen-bond acceptors (Lipinski definition) is 4. The van der Waals surface area contributed by atoms with E-state index in [1.54, 1.807) is 5.57 Å². The summed E-state index contributed by atoms with van der Waals surface area (Å²) >= 11 is 0. The molecule has 2 aliphatic heterocycles. The number of rotatable bonds is 3. The molecule has 1 unspecified atom stereocenters. The molecule has 6 rings (SSSR count). The molecule has 10 atom stereocenters. The molecule has 0 aromatic carbocycles. The molecule has 4 heteroatoms. The van der Waals surface area contributed by atoms with Gasteiger partial charge in [-0.05, 0) is 100 Å². The van der Waals surface area contributed by atoms with Crippen molar-refractivity contribution in [3.8, 4) is 0 Å². The van der Waals surface area contributed by atoms with Crippen LogP contribution < -0.4 is 5.32 Å². The molecule has 5 fully saturated rings.